The number of benzene rings is 1. The maximum Gasteiger partial charge on any atom is 0.240 e. The molecule has 0 spiro atoms. The molecular weight excluding hydrogens is 370 g/mol. The summed E-state index contributed by atoms with van der Waals surface area (Å²) in [6.07, 6.45) is 1.47. The predicted octanol–water partition coefficient (Wildman–Crippen LogP) is -0.0743. The van der Waals surface area contributed by atoms with Gasteiger partial charge in [0.05, 0.1) is 22.8 Å². The minimum Gasteiger partial charge on any atom is -0.395 e. The lowest BCUT2D eigenvalue weighted by atomic mass is 10.2. The molecule has 0 unspecified atom stereocenters. The maximum absolute atomic E-state index is 12.0. The Morgan fingerprint density at radius 1 is 1.19 bits per heavy atom. The molecule has 0 aliphatic heterocycles. The minimum atomic E-state index is -3.67. The Morgan fingerprint density at radius 2 is 1.96 bits per heavy atom. The fourth-order valence-electron chi connectivity index (χ4n) is 2.20. The molecular formula is C16H15N7O3S. The van der Waals surface area contributed by atoms with E-state index in [4.69, 9.17) is 10.4 Å². The summed E-state index contributed by atoms with van der Waals surface area (Å²) in [5.74, 6) is 0.343. The van der Waals surface area contributed by atoms with E-state index in [1.54, 1.807) is 24.3 Å². The molecule has 10 nitrogen and oxygen atoms in total. The van der Waals surface area contributed by atoms with Gasteiger partial charge >= 0.3 is 0 Å². The van der Waals surface area contributed by atoms with Crippen molar-refractivity contribution in [2.24, 2.45) is 0 Å². The molecule has 0 atom stereocenters. The summed E-state index contributed by atoms with van der Waals surface area (Å²) in [7, 11) is -3.67. The molecule has 2 heterocycles. The summed E-state index contributed by atoms with van der Waals surface area (Å²) in [5.41, 5.74) is 1.75. The highest BCUT2D eigenvalue weighted by Gasteiger charge is 2.14. The van der Waals surface area contributed by atoms with Crippen LogP contribution < -0.4 is 4.72 Å². The highest BCUT2D eigenvalue weighted by Crippen LogP contribution is 2.17. The summed E-state index contributed by atoms with van der Waals surface area (Å²) < 4.78 is 26.3. The van der Waals surface area contributed by atoms with Crippen molar-refractivity contribution in [3.05, 3.63) is 53.9 Å². The van der Waals surface area contributed by atoms with Crippen molar-refractivity contribution < 1.29 is 13.5 Å². The average Bonchev–Trinajstić information content (AvgIpc) is 3.15. The zero-order valence-electron chi connectivity index (χ0n) is 14.0. The fraction of sp³-hybridized carbons (Fsp3) is 0.188. The van der Waals surface area contributed by atoms with Gasteiger partial charge < -0.3 is 5.11 Å². The van der Waals surface area contributed by atoms with E-state index in [1.165, 1.54) is 23.1 Å². The molecule has 27 heavy (non-hydrogen) atoms. The van der Waals surface area contributed by atoms with E-state index in [0.29, 0.717) is 22.6 Å². The third-order valence-corrected chi connectivity index (χ3v) is 5.01. The van der Waals surface area contributed by atoms with Crippen LogP contribution in [0, 0.1) is 11.3 Å². The first-order chi connectivity index (χ1) is 13.0. The van der Waals surface area contributed by atoms with Crippen molar-refractivity contribution in [3.63, 3.8) is 0 Å². The quantitative estimate of drug-likeness (QED) is 0.574. The number of pyridine rings is 1. The van der Waals surface area contributed by atoms with E-state index in [2.05, 4.69) is 25.1 Å². The molecule has 0 radical (unpaired) electrons. The van der Waals surface area contributed by atoms with Crippen LogP contribution >= 0.6 is 0 Å². The summed E-state index contributed by atoms with van der Waals surface area (Å²) in [6.45, 7) is -0.0436. The zero-order chi connectivity index (χ0) is 19.3. The van der Waals surface area contributed by atoms with Gasteiger partial charge in [-0.05, 0) is 41.6 Å². The molecule has 0 saturated heterocycles. The number of hydrogen-bond acceptors (Lipinski definition) is 8. The molecule has 0 bridgehead atoms. The lowest BCUT2D eigenvalue weighted by Gasteiger charge is -2.05. The number of tetrazole rings is 1. The standard InChI is InChI=1S/C16H15N7O3S/c17-9-12-1-4-14(18-10-12)11-23-21-16(20-22-23)13-2-5-15(6-3-13)27(25,26)19-7-8-24/h1-6,10,19,24H,7-8,11H2. The van der Waals surface area contributed by atoms with Crippen LogP contribution in [0.25, 0.3) is 11.4 Å². The molecule has 2 N–H and O–H groups in total. The van der Waals surface area contributed by atoms with Gasteiger partial charge in [0.1, 0.15) is 12.6 Å². The second-order valence-electron chi connectivity index (χ2n) is 5.44. The predicted molar refractivity (Wildman–Crippen MR) is 93.6 cm³/mol. The smallest absolute Gasteiger partial charge is 0.240 e. The number of aliphatic hydroxyl groups excluding tert-OH is 1. The van der Waals surface area contributed by atoms with E-state index >= 15 is 0 Å². The molecule has 0 fully saturated rings. The van der Waals surface area contributed by atoms with Gasteiger partial charge in [-0.3, -0.25) is 4.98 Å². The highest BCUT2D eigenvalue weighted by molar-refractivity contribution is 7.89. The highest BCUT2D eigenvalue weighted by atomic mass is 32.2. The zero-order valence-corrected chi connectivity index (χ0v) is 14.8. The molecule has 0 amide bonds. The second kappa shape index (κ2) is 8.00. The number of hydrogen-bond donors (Lipinski definition) is 2. The van der Waals surface area contributed by atoms with Crippen molar-refractivity contribution in [1.29, 1.82) is 5.26 Å². The molecule has 0 aliphatic rings. The number of sulfonamides is 1. The Balaban J connectivity index is 1.73. The first kappa shape index (κ1) is 18.6. The molecule has 0 saturated carbocycles. The van der Waals surface area contributed by atoms with Crippen molar-refractivity contribution in [2.75, 3.05) is 13.2 Å². The first-order valence-corrected chi connectivity index (χ1v) is 9.34. The van der Waals surface area contributed by atoms with Crippen molar-refractivity contribution in [3.8, 4) is 17.5 Å². The van der Waals surface area contributed by atoms with Crippen molar-refractivity contribution >= 4 is 10.0 Å². The molecule has 0 aliphatic carbocycles. The van der Waals surface area contributed by atoms with Crippen LogP contribution in [0.2, 0.25) is 0 Å². The summed E-state index contributed by atoms with van der Waals surface area (Å²) in [6, 6.07) is 11.4. The SMILES string of the molecule is N#Cc1ccc(Cn2nnc(-c3ccc(S(=O)(=O)NCCO)cc3)n2)nc1. The van der Waals surface area contributed by atoms with Crippen LogP contribution in [0.3, 0.4) is 0 Å². The van der Waals surface area contributed by atoms with Crippen LogP contribution in [0.1, 0.15) is 11.3 Å². The summed E-state index contributed by atoms with van der Waals surface area (Å²) in [4.78, 5) is 5.58. The van der Waals surface area contributed by atoms with Gasteiger partial charge in [0, 0.05) is 18.3 Å². The Morgan fingerprint density at radius 3 is 2.59 bits per heavy atom. The maximum atomic E-state index is 12.0. The Hall–Kier alpha value is -3.20. The lowest BCUT2D eigenvalue weighted by Crippen LogP contribution is -2.26. The largest absolute Gasteiger partial charge is 0.395 e. The molecule has 3 aromatic rings. The number of rotatable bonds is 7. The Kier molecular flexibility index (Phi) is 5.51. The van der Waals surface area contributed by atoms with Gasteiger partial charge in [0.25, 0.3) is 0 Å². The van der Waals surface area contributed by atoms with Crippen molar-refractivity contribution in [1.82, 2.24) is 29.9 Å². The van der Waals surface area contributed by atoms with Crippen LogP contribution in [-0.4, -0.2) is 51.9 Å². The number of nitriles is 1. The summed E-state index contributed by atoms with van der Waals surface area (Å²) >= 11 is 0. The van der Waals surface area contributed by atoms with E-state index in [0.717, 1.165) is 0 Å². The molecule has 3 rings (SSSR count). The van der Waals surface area contributed by atoms with E-state index in [9.17, 15) is 8.42 Å². The number of aliphatic hydroxyl groups is 1. The fourth-order valence-corrected chi connectivity index (χ4v) is 3.22. The molecule has 1 aromatic carbocycles. The van der Waals surface area contributed by atoms with E-state index in [1.807, 2.05) is 6.07 Å². The monoisotopic (exact) mass is 385 g/mol. The van der Waals surface area contributed by atoms with Crippen LogP contribution in [0.5, 0.6) is 0 Å². The van der Waals surface area contributed by atoms with E-state index < -0.39 is 10.0 Å². The van der Waals surface area contributed by atoms with Gasteiger partial charge in [-0.25, -0.2) is 13.1 Å². The van der Waals surface area contributed by atoms with Crippen LogP contribution in [0.15, 0.2) is 47.5 Å². The third-order valence-electron chi connectivity index (χ3n) is 3.54. The Labute approximate surface area is 155 Å². The van der Waals surface area contributed by atoms with Gasteiger partial charge in [0.15, 0.2) is 0 Å². The third kappa shape index (κ3) is 4.50. The molecule has 11 heteroatoms. The number of aromatic nitrogens is 5. The van der Waals surface area contributed by atoms with Gasteiger partial charge in [-0.1, -0.05) is 0 Å². The lowest BCUT2D eigenvalue weighted by molar-refractivity contribution is 0.301. The van der Waals surface area contributed by atoms with E-state index in [-0.39, 0.29) is 24.6 Å². The first-order valence-electron chi connectivity index (χ1n) is 7.85. The number of nitrogens with zero attached hydrogens (tertiary/aromatic N) is 6. The second-order valence-corrected chi connectivity index (χ2v) is 7.21. The van der Waals surface area contributed by atoms with Gasteiger partial charge in [-0.2, -0.15) is 10.1 Å². The van der Waals surface area contributed by atoms with Crippen LogP contribution in [-0.2, 0) is 16.6 Å². The molecule has 2 aromatic heterocycles. The van der Waals surface area contributed by atoms with Gasteiger partial charge in [0.2, 0.25) is 15.8 Å². The van der Waals surface area contributed by atoms with Gasteiger partial charge in [-0.15, -0.1) is 10.2 Å². The molecule has 138 valence electrons. The average molecular weight is 385 g/mol. The minimum absolute atomic E-state index is 0.0522. The normalized spacial score (nSPS) is 11.3. The van der Waals surface area contributed by atoms with Crippen LogP contribution in [0.4, 0.5) is 0 Å². The topological polar surface area (TPSA) is 147 Å². The van der Waals surface area contributed by atoms with Crippen molar-refractivity contribution in [2.45, 2.75) is 11.4 Å². The summed E-state index contributed by atoms with van der Waals surface area (Å²) in [5, 5.41) is 29.7. The Bertz CT molecular complexity index is 1050. The number of nitrogens with one attached hydrogen (secondary N) is 1.